The Morgan fingerprint density at radius 2 is 1.84 bits per heavy atom. The van der Waals surface area contributed by atoms with E-state index in [0.29, 0.717) is 18.4 Å². The van der Waals surface area contributed by atoms with Gasteiger partial charge in [-0.3, -0.25) is 14.4 Å². The second-order valence-corrected chi connectivity index (χ2v) is 11.7. The molecule has 3 aliphatic rings. The minimum atomic E-state index is -1.93. The van der Waals surface area contributed by atoms with Gasteiger partial charge in [-0.25, -0.2) is 0 Å². The molecule has 0 spiro atoms. The Bertz CT molecular complexity index is 915. The molecular weight excluding hydrogens is 496 g/mol. The van der Waals surface area contributed by atoms with Crippen LogP contribution >= 0.6 is 0 Å². The SMILES string of the molecule is C=C1[C@@H]2[C@@H]3O[C@H]([C@@H]2[C@@H]([C@@H](C)COC(C)=O)C[C@@H]1OC(C)=O)[C@](C)(OC(=O)CCC)CC[C@H](O)[C@@](C)(O)[C@H]3O. The molecule has 216 valence electrons. The summed E-state index contributed by atoms with van der Waals surface area (Å²) in [6, 6.07) is 0. The molecule has 0 aromatic rings. The Hall–Kier alpha value is -2.01. The predicted octanol–water partition coefficient (Wildman–Crippen LogP) is 2.06. The lowest BCUT2D eigenvalue weighted by Crippen LogP contribution is -2.58. The lowest BCUT2D eigenvalue weighted by Gasteiger charge is -2.48. The average molecular weight is 541 g/mol. The number of ether oxygens (including phenoxy) is 4. The van der Waals surface area contributed by atoms with Crippen LogP contribution in [-0.2, 0) is 33.3 Å². The second kappa shape index (κ2) is 11.6. The minimum absolute atomic E-state index is 0.0641. The topological polar surface area (TPSA) is 149 Å². The summed E-state index contributed by atoms with van der Waals surface area (Å²) in [7, 11) is 0. The van der Waals surface area contributed by atoms with E-state index in [9.17, 15) is 29.7 Å². The Kier molecular flexibility index (Phi) is 9.33. The van der Waals surface area contributed by atoms with Crippen LogP contribution in [0.5, 0.6) is 0 Å². The molecule has 1 saturated carbocycles. The van der Waals surface area contributed by atoms with Crippen molar-refractivity contribution in [2.45, 2.75) is 115 Å². The standard InChI is InChI=1S/C28H44O10/c1-8-9-21(32)38-27(6)11-10-20(31)28(7,34)25(33)24-22-15(3)19(36-17(5)30)12-18(23(22)26(27)37-24)14(2)13-35-16(4)29/h14,18-20,22-26,31,33-34H,3,8-13H2,1-2,4-7H3/t14-,18+,19-,20-,22-,23+,24-,25-,26+,27+,28+/m0/s1. The van der Waals surface area contributed by atoms with E-state index in [-0.39, 0.29) is 43.6 Å². The van der Waals surface area contributed by atoms with Crippen molar-refractivity contribution >= 4 is 17.9 Å². The second-order valence-electron chi connectivity index (χ2n) is 11.7. The van der Waals surface area contributed by atoms with E-state index in [1.54, 1.807) is 6.92 Å². The summed E-state index contributed by atoms with van der Waals surface area (Å²) < 4.78 is 23.6. The Labute approximate surface area is 224 Å². The number of carbonyl (C=O) groups excluding carboxylic acids is 3. The summed E-state index contributed by atoms with van der Waals surface area (Å²) >= 11 is 0. The van der Waals surface area contributed by atoms with Gasteiger partial charge in [0.2, 0.25) is 0 Å². The normalized spacial score (nSPS) is 41.7. The van der Waals surface area contributed by atoms with Crippen molar-refractivity contribution in [3.63, 3.8) is 0 Å². The van der Waals surface area contributed by atoms with Crippen LogP contribution in [0, 0.1) is 23.7 Å². The minimum Gasteiger partial charge on any atom is -0.466 e. The quantitative estimate of drug-likeness (QED) is 0.249. The van der Waals surface area contributed by atoms with Crippen molar-refractivity contribution in [1.82, 2.24) is 0 Å². The summed E-state index contributed by atoms with van der Waals surface area (Å²) in [5, 5.41) is 33.6. The molecule has 0 unspecified atom stereocenters. The van der Waals surface area contributed by atoms with Crippen LogP contribution in [0.4, 0.5) is 0 Å². The molecule has 1 aliphatic carbocycles. The fourth-order valence-electron chi connectivity index (χ4n) is 6.61. The lowest BCUT2D eigenvalue weighted by molar-refractivity contribution is -0.191. The van der Waals surface area contributed by atoms with E-state index >= 15 is 0 Å². The van der Waals surface area contributed by atoms with Crippen LogP contribution in [0.15, 0.2) is 12.2 Å². The fraction of sp³-hybridized carbons (Fsp3) is 0.821. The third-order valence-corrected chi connectivity index (χ3v) is 8.73. The fourth-order valence-corrected chi connectivity index (χ4v) is 6.61. The number of hydrogen-bond donors (Lipinski definition) is 3. The number of fused-ring (bicyclic) bond motifs is 5. The Balaban J connectivity index is 2.15. The number of hydrogen-bond acceptors (Lipinski definition) is 10. The van der Waals surface area contributed by atoms with Crippen molar-refractivity contribution in [3.05, 3.63) is 12.2 Å². The van der Waals surface area contributed by atoms with Gasteiger partial charge in [-0.2, -0.15) is 0 Å². The molecule has 11 atom stereocenters. The Morgan fingerprint density at radius 3 is 2.42 bits per heavy atom. The lowest BCUT2D eigenvalue weighted by atomic mass is 9.59. The molecule has 0 amide bonds. The molecule has 2 saturated heterocycles. The summed E-state index contributed by atoms with van der Waals surface area (Å²) in [6.07, 6.45) is -3.86. The third kappa shape index (κ3) is 5.93. The van der Waals surface area contributed by atoms with E-state index in [2.05, 4.69) is 6.58 Å². The van der Waals surface area contributed by atoms with Gasteiger partial charge in [-0.1, -0.05) is 20.4 Å². The molecule has 0 aromatic carbocycles. The van der Waals surface area contributed by atoms with Crippen molar-refractivity contribution in [3.8, 4) is 0 Å². The summed E-state index contributed by atoms with van der Waals surface area (Å²) in [6.45, 7) is 13.9. The largest absolute Gasteiger partial charge is 0.466 e. The molecule has 10 heteroatoms. The molecule has 0 aromatic heterocycles. The van der Waals surface area contributed by atoms with E-state index in [1.807, 2.05) is 13.8 Å². The molecular formula is C28H44O10. The van der Waals surface area contributed by atoms with Crippen molar-refractivity contribution in [2.75, 3.05) is 6.61 Å². The number of carbonyl (C=O) groups is 3. The van der Waals surface area contributed by atoms with Crippen LogP contribution < -0.4 is 0 Å². The highest BCUT2D eigenvalue weighted by Crippen LogP contribution is 2.56. The maximum atomic E-state index is 12.8. The van der Waals surface area contributed by atoms with Crippen LogP contribution in [0.3, 0.4) is 0 Å². The number of aliphatic hydroxyl groups is 3. The van der Waals surface area contributed by atoms with Crippen molar-refractivity contribution in [1.29, 1.82) is 0 Å². The third-order valence-electron chi connectivity index (χ3n) is 8.73. The van der Waals surface area contributed by atoms with Crippen LogP contribution in [-0.4, -0.2) is 81.6 Å². The van der Waals surface area contributed by atoms with Crippen molar-refractivity contribution < 1.29 is 48.7 Å². The predicted molar refractivity (Wildman–Crippen MR) is 136 cm³/mol. The highest BCUT2D eigenvalue weighted by atomic mass is 16.6. The van der Waals surface area contributed by atoms with Gasteiger partial charge in [0.25, 0.3) is 0 Å². The van der Waals surface area contributed by atoms with Gasteiger partial charge in [-0.15, -0.1) is 0 Å². The van der Waals surface area contributed by atoms with Crippen LogP contribution in [0.2, 0.25) is 0 Å². The number of aliphatic hydroxyl groups excluding tert-OH is 2. The monoisotopic (exact) mass is 540 g/mol. The molecule has 0 radical (unpaired) electrons. The summed E-state index contributed by atoms with van der Waals surface area (Å²) in [5.41, 5.74) is -2.60. The summed E-state index contributed by atoms with van der Waals surface area (Å²) in [5.74, 6) is -2.73. The van der Waals surface area contributed by atoms with E-state index in [0.717, 1.165) is 0 Å². The zero-order valence-electron chi connectivity index (χ0n) is 23.3. The number of rotatable bonds is 7. The van der Waals surface area contributed by atoms with E-state index in [1.165, 1.54) is 20.8 Å². The first-order chi connectivity index (χ1) is 17.6. The Morgan fingerprint density at radius 1 is 1.18 bits per heavy atom. The molecule has 3 rings (SSSR count). The van der Waals surface area contributed by atoms with Gasteiger partial charge < -0.3 is 34.3 Å². The number of esters is 3. The van der Waals surface area contributed by atoms with Gasteiger partial charge in [-0.05, 0) is 56.9 Å². The van der Waals surface area contributed by atoms with Gasteiger partial charge in [0.05, 0.1) is 18.8 Å². The molecule has 2 bridgehead atoms. The van der Waals surface area contributed by atoms with Gasteiger partial charge in [0.15, 0.2) is 0 Å². The zero-order chi connectivity index (χ0) is 28.6. The summed E-state index contributed by atoms with van der Waals surface area (Å²) in [4.78, 5) is 36.3. The maximum Gasteiger partial charge on any atom is 0.306 e. The zero-order valence-corrected chi connectivity index (χ0v) is 23.3. The van der Waals surface area contributed by atoms with Crippen LogP contribution in [0.1, 0.15) is 73.6 Å². The first-order valence-corrected chi connectivity index (χ1v) is 13.6. The van der Waals surface area contributed by atoms with Gasteiger partial charge in [0, 0.05) is 32.1 Å². The van der Waals surface area contributed by atoms with Crippen molar-refractivity contribution in [2.24, 2.45) is 23.7 Å². The first kappa shape index (κ1) is 30.5. The first-order valence-electron chi connectivity index (χ1n) is 13.6. The molecule has 2 heterocycles. The molecule has 38 heavy (non-hydrogen) atoms. The average Bonchev–Trinajstić information content (AvgIpc) is 3.23. The van der Waals surface area contributed by atoms with E-state index in [4.69, 9.17) is 18.9 Å². The molecule has 10 nitrogen and oxygen atoms in total. The van der Waals surface area contributed by atoms with Gasteiger partial charge >= 0.3 is 17.9 Å². The van der Waals surface area contributed by atoms with Crippen LogP contribution in [0.25, 0.3) is 0 Å². The highest BCUT2D eigenvalue weighted by molar-refractivity contribution is 5.70. The molecule has 2 aliphatic heterocycles. The van der Waals surface area contributed by atoms with Gasteiger partial charge in [0.1, 0.15) is 29.5 Å². The highest BCUT2D eigenvalue weighted by Gasteiger charge is 2.64. The smallest absolute Gasteiger partial charge is 0.306 e. The maximum absolute atomic E-state index is 12.8. The molecule has 3 fully saturated rings. The van der Waals surface area contributed by atoms with E-state index < -0.39 is 65.5 Å². The molecule has 3 N–H and O–H groups in total.